The number of benzene rings is 1. The third-order valence-corrected chi connectivity index (χ3v) is 5.05. The van der Waals surface area contributed by atoms with Gasteiger partial charge in [0.1, 0.15) is 5.15 Å². The molecule has 0 amide bonds. The number of hydrogen-bond donors (Lipinski definition) is 1. The van der Waals surface area contributed by atoms with Crippen LogP contribution in [-0.4, -0.2) is 13.4 Å². The Morgan fingerprint density at radius 3 is 2.35 bits per heavy atom. The van der Waals surface area contributed by atoms with Gasteiger partial charge in [0.05, 0.1) is 10.6 Å². The second-order valence-electron chi connectivity index (χ2n) is 3.99. The van der Waals surface area contributed by atoms with Gasteiger partial charge in [0.2, 0.25) is 0 Å². The summed E-state index contributed by atoms with van der Waals surface area (Å²) in [5.41, 5.74) is 0.832. The molecule has 0 fully saturated rings. The summed E-state index contributed by atoms with van der Waals surface area (Å²) in [4.78, 5) is 3.98. The number of hydrogen-bond acceptors (Lipinski definition) is 3. The predicted octanol–water partition coefficient (Wildman–Crippen LogP) is 4.10. The van der Waals surface area contributed by atoms with Gasteiger partial charge >= 0.3 is 0 Å². The van der Waals surface area contributed by atoms with Crippen molar-refractivity contribution in [2.45, 2.75) is 11.8 Å². The van der Waals surface area contributed by atoms with Gasteiger partial charge in [0.15, 0.2) is 5.15 Å². The molecule has 0 bridgehead atoms. The van der Waals surface area contributed by atoms with E-state index in [0.717, 1.165) is 3.57 Å². The molecular formula is C12H9Cl2IN2O2S. The number of halogens is 3. The molecule has 8 heteroatoms. The molecule has 0 aliphatic heterocycles. The summed E-state index contributed by atoms with van der Waals surface area (Å²) in [5.74, 6) is 0. The van der Waals surface area contributed by atoms with Gasteiger partial charge in [-0.3, -0.25) is 4.72 Å². The Hall–Kier alpha value is -0.570. The predicted molar refractivity (Wildman–Crippen MR) is 89.0 cm³/mol. The van der Waals surface area contributed by atoms with Crippen molar-refractivity contribution in [3.63, 3.8) is 0 Å². The lowest BCUT2D eigenvalue weighted by Crippen LogP contribution is -2.14. The zero-order valence-corrected chi connectivity index (χ0v) is 14.7. The average Bonchev–Trinajstić information content (AvgIpc) is 2.34. The SMILES string of the molecule is Cc1cc(Cl)nc(Cl)c1NS(=O)(=O)c1ccc(I)cc1. The van der Waals surface area contributed by atoms with Gasteiger partial charge in [-0.15, -0.1) is 0 Å². The number of rotatable bonds is 3. The number of nitrogens with one attached hydrogen (secondary N) is 1. The summed E-state index contributed by atoms with van der Waals surface area (Å²) in [7, 11) is -3.71. The Morgan fingerprint density at radius 1 is 1.20 bits per heavy atom. The molecule has 1 aromatic heterocycles. The van der Waals surface area contributed by atoms with Crippen molar-refractivity contribution >= 4 is 61.5 Å². The maximum Gasteiger partial charge on any atom is 0.262 e. The molecule has 2 aromatic rings. The fraction of sp³-hybridized carbons (Fsp3) is 0.0833. The fourth-order valence-corrected chi connectivity index (χ4v) is 3.66. The standard InChI is InChI=1S/C12H9Cl2IN2O2S/c1-7-6-10(13)16-12(14)11(7)17-20(18,19)9-4-2-8(15)3-5-9/h2-6,17H,1H3. The number of pyridine rings is 1. The van der Waals surface area contributed by atoms with E-state index in [-0.39, 0.29) is 20.9 Å². The Labute approximate surface area is 140 Å². The van der Waals surface area contributed by atoms with Gasteiger partial charge in [-0.1, -0.05) is 23.2 Å². The molecule has 1 aromatic carbocycles. The zero-order valence-electron chi connectivity index (χ0n) is 10.2. The van der Waals surface area contributed by atoms with E-state index in [0.29, 0.717) is 5.56 Å². The van der Waals surface area contributed by atoms with Crippen LogP contribution in [-0.2, 0) is 10.0 Å². The molecule has 0 saturated heterocycles. The van der Waals surface area contributed by atoms with Crippen molar-refractivity contribution in [1.29, 1.82) is 0 Å². The van der Waals surface area contributed by atoms with Crippen LogP contribution in [0.4, 0.5) is 5.69 Å². The van der Waals surface area contributed by atoms with E-state index >= 15 is 0 Å². The molecule has 1 heterocycles. The highest BCUT2D eigenvalue weighted by molar-refractivity contribution is 14.1. The highest BCUT2D eigenvalue weighted by Gasteiger charge is 2.18. The molecule has 4 nitrogen and oxygen atoms in total. The summed E-state index contributed by atoms with van der Waals surface area (Å²) >= 11 is 13.8. The summed E-state index contributed by atoms with van der Waals surface area (Å²) in [6, 6.07) is 8.01. The van der Waals surface area contributed by atoms with Crippen molar-refractivity contribution in [2.75, 3.05) is 4.72 Å². The highest BCUT2D eigenvalue weighted by Crippen LogP contribution is 2.28. The van der Waals surface area contributed by atoms with E-state index in [2.05, 4.69) is 32.3 Å². The molecule has 0 aliphatic carbocycles. The lowest BCUT2D eigenvalue weighted by molar-refractivity contribution is 0.601. The monoisotopic (exact) mass is 442 g/mol. The molecule has 20 heavy (non-hydrogen) atoms. The fourth-order valence-electron chi connectivity index (χ4n) is 1.53. The van der Waals surface area contributed by atoms with Crippen molar-refractivity contribution in [3.8, 4) is 0 Å². The molecule has 0 saturated carbocycles. The van der Waals surface area contributed by atoms with Crippen LogP contribution in [0.15, 0.2) is 35.2 Å². The zero-order chi connectivity index (χ0) is 14.9. The lowest BCUT2D eigenvalue weighted by atomic mass is 10.3. The van der Waals surface area contributed by atoms with Crippen LogP contribution >= 0.6 is 45.8 Å². The van der Waals surface area contributed by atoms with Gasteiger partial charge in [0, 0.05) is 3.57 Å². The maximum atomic E-state index is 12.3. The molecule has 0 aliphatic rings. The molecule has 2 rings (SSSR count). The van der Waals surface area contributed by atoms with Crippen LogP contribution in [0.5, 0.6) is 0 Å². The topological polar surface area (TPSA) is 59.1 Å². The molecule has 106 valence electrons. The summed E-state index contributed by atoms with van der Waals surface area (Å²) in [5, 5.41) is 0.230. The van der Waals surface area contributed by atoms with Crippen molar-refractivity contribution in [3.05, 3.63) is 49.8 Å². The molecule has 0 spiro atoms. The molecule has 0 radical (unpaired) electrons. The molecular weight excluding hydrogens is 434 g/mol. The first-order valence-electron chi connectivity index (χ1n) is 5.40. The quantitative estimate of drug-likeness (QED) is 0.575. The first-order valence-corrected chi connectivity index (χ1v) is 8.72. The van der Waals surface area contributed by atoms with Crippen LogP contribution < -0.4 is 4.72 Å². The second kappa shape index (κ2) is 6.05. The molecule has 0 atom stereocenters. The van der Waals surface area contributed by atoms with E-state index in [1.807, 2.05) is 0 Å². The van der Waals surface area contributed by atoms with Gasteiger partial charge < -0.3 is 0 Å². The van der Waals surface area contributed by atoms with Crippen LogP contribution in [0.3, 0.4) is 0 Å². The summed E-state index contributed by atoms with van der Waals surface area (Å²) < 4.78 is 27.9. The van der Waals surface area contributed by atoms with Crippen LogP contribution in [0.2, 0.25) is 10.3 Å². The van der Waals surface area contributed by atoms with E-state index < -0.39 is 10.0 Å². The van der Waals surface area contributed by atoms with Crippen molar-refractivity contribution in [2.24, 2.45) is 0 Å². The van der Waals surface area contributed by atoms with Crippen molar-refractivity contribution < 1.29 is 8.42 Å². The minimum atomic E-state index is -3.71. The van der Waals surface area contributed by atoms with Crippen LogP contribution in [0.1, 0.15) is 5.56 Å². The number of aromatic nitrogens is 1. The van der Waals surface area contributed by atoms with Crippen LogP contribution in [0, 0.1) is 10.5 Å². The van der Waals surface area contributed by atoms with E-state index in [1.165, 1.54) is 12.1 Å². The maximum absolute atomic E-state index is 12.3. The highest BCUT2D eigenvalue weighted by atomic mass is 127. The largest absolute Gasteiger partial charge is 0.276 e. The van der Waals surface area contributed by atoms with Gasteiger partial charge in [-0.2, -0.15) is 0 Å². The van der Waals surface area contributed by atoms with E-state index in [4.69, 9.17) is 23.2 Å². The van der Waals surface area contributed by atoms with Gasteiger partial charge in [-0.05, 0) is 65.4 Å². The van der Waals surface area contributed by atoms with E-state index in [1.54, 1.807) is 25.1 Å². The minimum Gasteiger partial charge on any atom is -0.276 e. The molecule has 1 N–H and O–H groups in total. The third-order valence-electron chi connectivity index (χ3n) is 2.50. The summed E-state index contributed by atoms with van der Waals surface area (Å²) in [6.07, 6.45) is 0. The Bertz CT molecular complexity index is 726. The first-order chi connectivity index (χ1) is 9.29. The Kier molecular flexibility index (Phi) is 4.78. The van der Waals surface area contributed by atoms with Gasteiger partial charge in [-0.25, -0.2) is 13.4 Å². The number of anilines is 1. The smallest absolute Gasteiger partial charge is 0.262 e. The number of aryl methyl sites for hydroxylation is 1. The lowest BCUT2D eigenvalue weighted by Gasteiger charge is -2.12. The van der Waals surface area contributed by atoms with Crippen molar-refractivity contribution in [1.82, 2.24) is 4.98 Å². The first kappa shape index (κ1) is 15.8. The average molecular weight is 443 g/mol. The normalized spacial score (nSPS) is 11.4. The van der Waals surface area contributed by atoms with Crippen LogP contribution in [0.25, 0.3) is 0 Å². The Balaban J connectivity index is 2.41. The Morgan fingerprint density at radius 2 is 1.80 bits per heavy atom. The van der Waals surface area contributed by atoms with Gasteiger partial charge in [0.25, 0.3) is 10.0 Å². The van der Waals surface area contributed by atoms with E-state index in [9.17, 15) is 8.42 Å². The number of nitrogens with zero attached hydrogens (tertiary/aromatic N) is 1. The summed E-state index contributed by atoms with van der Waals surface area (Å²) in [6.45, 7) is 1.70. The minimum absolute atomic E-state index is 0.0177. The number of sulfonamides is 1. The second-order valence-corrected chi connectivity index (χ2v) is 7.66. The third kappa shape index (κ3) is 3.55. The molecule has 0 unspecified atom stereocenters.